The second-order valence-corrected chi connectivity index (χ2v) is 7.74. The number of halogens is 1. The van der Waals surface area contributed by atoms with Crippen molar-refractivity contribution in [3.05, 3.63) is 56.7 Å². The molecule has 2 aromatic rings. The number of nitrogens with zero attached hydrogens (tertiary/aromatic N) is 1. The Kier molecular flexibility index (Phi) is 4.79. The van der Waals surface area contributed by atoms with E-state index >= 15 is 0 Å². The highest BCUT2D eigenvalue weighted by Gasteiger charge is 2.30. The standard InChI is InChI=1S/C17H21BrN2S/c1-17(14-6-3-2-4-7-14)13-20(10-5-9-19-17)12-16-15(18)8-11-21-16/h2-4,6-8,11,19H,5,9-10,12-13H2,1H3. The van der Waals surface area contributed by atoms with Gasteiger partial charge in [0.2, 0.25) is 0 Å². The molecule has 0 bridgehead atoms. The Bertz CT molecular complexity index is 583. The molecular formula is C17H21BrN2S. The molecule has 21 heavy (non-hydrogen) atoms. The predicted molar refractivity (Wildman–Crippen MR) is 93.7 cm³/mol. The predicted octanol–water partition coefficient (Wildman–Crippen LogP) is 4.22. The molecule has 1 aromatic carbocycles. The van der Waals surface area contributed by atoms with E-state index in [9.17, 15) is 0 Å². The van der Waals surface area contributed by atoms with Gasteiger partial charge in [0.1, 0.15) is 0 Å². The van der Waals surface area contributed by atoms with Crippen LogP contribution >= 0.6 is 27.3 Å². The molecule has 112 valence electrons. The van der Waals surface area contributed by atoms with Gasteiger partial charge in [0.15, 0.2) is 0 Å². The summed E-state index contributed by atoms with van der Waals surface area (Å²) in [6.45, 7) is 6.63. The van der Waals surface area contributed by atoms with Gasteiger partial charge in [-0.2, -0.15) is 0 Å². The van der Waals surface area contributed by atoms with Gasteiger partial charge in [-0.15, -0.1) is 11.3 Å². The molecule has 1 atom stereocenters. The van der Waals surface area contributed by atoms with E-state index in [1.807, 2.05) is 11.3 Å². The van der Waals surface area contributed by atoms with Crippen molar-refractivity contribution < 1.29 is 0 Å². The van der Waals surface area contributed by atoms with Crippen molar-refractivity contribution in [3.63, 3.8) is 0 Å². The minimum Gasteiger partial charge on any atom is -0.307 e. The van der Waals surface area contributed by atoms with Crippen LogP contribution < -0.4 is 5.32 Å². The van der Waals surface area contributed by atoms with Crippen molar-refractivity contribution in [1.82, 2.24) is 10.2 Å². The first-order chi connectivity index (χ1) is 10.2. The Morgan fingerprint density at radius 3 is 2.81 bits per heavy atom. The van der Waals surface area contributed by atoms with E-state index in [4.69, 9.17) is 0 Å². The topological polar surface area (TPSA) is 15.3 Å². The van der Waals surface area contributed by atoms with Crippen LogP contribution in [0.1, 0.15) is 23.8 Å². The van der Waals surface area contributed by atoms with E-state index in [0.717, 1.165) is 26.2 Å². The molecule has 4 heteroatoms. The first-order valence-corrected chi connectivity index (χ1v) is 9.09. The lowest BCUT2D eigenvalue weighted by molar-refractivity contribution is 0.215. The minimum absolute atomic E-state index is 0.0293. The maximum Gasteiger partial charge on any atom is 0.0535 e. The molecule has 0 saturated carbocycles. The van der Waals surface area contributed by atoms with Crippen LogP contribution in [-0.2, 0) is 12.1 Å². The van der Waals surface area contributed by atoms with E-state index < -0.39 is 0 Å². The molecule has 1 saturated heterocycles. The average Bonchev–Trinajstić information content (AvgIpc) is 2.79. The molecule has 0 spiro atoms. The summed E-state index contributed by atoms with van der Waals surface area (Å²) in [7, 11) is 0. The van der Waals surface area contributed by atoms with Gasteiger partial charge in [-0.3, -0.25) is 4.90 Å². The number of rotatable bonds is 3. The van der Waals surface area contributed by atoms with Crippen molar-refractivity contribution in [2.45, 2.75) is 25.4 Å². The molecule has 1 aliphatic heterocycles. The monoisotopic (exact) mass is 364 g/mol. The van der Waals surface area contributed by atoms with Crippen molar-refractivity contribution >= 4 is 27.3 Å². The lowest BCUT2D eigenvalue weighted by Gasteiger charge is -2.34. The van der Waals surface area contributed by atoms with E-state index in [0.29, 0.717) is 0 Å². The number of hydrogen-bond acceptors (Lipinski definition) is 3. The summed E-state index contributed by atoms with van der Waals surface area (Å²) in [4.78, 5) is 4.00. The second-order valence-electron chi connectivity index (χ2n) is 5.88. The van der Waals surface area contributed by atoms with Gasteiger partial charge in [0, 0.05) is 22.4 Å². The summed E-state index contributed by atoms with van der Waals surface area (Å²) < 4.78 is 1.24. The largest absolute Gasteiger partial charge is 0.307 e. The van der Waals surface area contributed by atoms with Crippen LogP contribution in [0.15, 0.2) is 46.3 Å². The summed E-state index contributed by atoms with van der Waals surface area (Å²) in [5.41, 5.74) is 1.41. The summed E-state index contributed by atoms with van der Waals surface area (Å²) >= 11 is 5.49. The first-order valence-electron chi connectivity index (χ1n) is 7.42. The number of thiophene rings is 1. The summed E-state index contributed by atoms with van der Waals surface area (Å²) in [5, 5.41) is 5.91. The second kappa shape index (κ2) is 6.61. The van der Waals surface area contributed by atoms with Gasteiger partial charge in [-0.05, 0) is 59.4 Å². The molecule has 1 unspecified atom stereocenters. The Labute approximate surface area is 139 Å². The van der Waals surface area contributed by atoms with E-state index in [1.54, 1.807) is 0 Å². The quantitative estimate of drug-likeness (QED) is 0.876. The van der Waals surface area contributed by atoms with Gasteiger partial charge < -0.3 is 5.32 Å². The molecule has 1 fully saturated rings. The molecule has 1 aliphatic rings. The molecule has 2 heterocycles. The Hall–Kier alpha value is -0.680. The van der Waals surface area contributed by atoms with E-state index in [-0.39, 0.29) is 5.54 Å². The molecular weight excluding hydrogens is 344 g/mol. The smallest absolute Gasteiger partial charge is 0.0535 e. The summed E-state index contributed by atoms with van der Waals surface area (Å²) in [5.74, 6) is 0. The third-order valence-electron chi connectivity index (χ3n) is 4.18. The van der Waals surface area contributed by atoms with Crippen LogP contribution in [0.2, 0.25) is 0 Å². The van der Waals surface area contributed by atoms with Gasteiger partial charge >= 0.3 is 0 Å². The van der Waals surface area contributed by atoms with Crippen LogP contribution in [0, 0.1) is 0 Å². The van der Waals surface area contributed by atoms with E-state index in [2.05, 4.69) is 74.8 Å². The van der Waals surface area contributed by atoms with Crippen LogP contribution in [0.3, 0.4) is 0 Å². The molecule has 0 aliphatic carbocycles. The molecule has 1 N–H and O–H groups in total. The third-order valence-corrected chi connectivity index (χ3v) is 6.09. The maximum absolute atomic E-state index is 3.75. The normalized spacial score (nSPS) is 23.9. The van der Waals surface area contributed by atoms with Gasteiger partial charge in [0.05, 0.1) is 5.54 Å². The van der Waals surface area contributed by atoms with Crippen LogP contribution in [0.5, 0.6) is 0 Å². The Morgan fingerprint density at radius 2 is 2.10 bits per heavy atom. The SMILES string of the molecule is CC1(c2ccccc2)CN(Cc2sccc2Br)CCCN1. The lowest BCUT2D eigenvalue weighted by Crippen LogP contribution is -2.46. The lowest BCUT2D eigenvalue weighted by atomic mass is 9.91. The molecule has 0 amide bonds. The Balaban J connectivity index is 1.79. The maximum atomic E-state index is 3.75. The van der Waals surface area contributed by atoms with Crippen LogP contribution in [-0.4, -0.2) is 24.5 Å². The third kappa shape index (κ3) is 3.57. The van der Waals surface area contributed by atoms with Crippen molar-refractivity contribution in [3.8, 4) is 0 Å². The van der Waals surface area contributed by atoms with Gasteiger partial charge in [-0.25, -0.2) is 0 Å². The fourth-order valence-electron chi connectivity index (χ4n) is 3.02. The highest BCUT2D eigenvalue weighted by molar-refractivity contribution is 9.10. The fourth-order valence-corrected chi connectivity index (χ4v) is 4.54. The fraction of sp³-hybridized carbons (Fsp3) is 0.412. The van der Waals surface area contributed by atoms with Gasteiger partial charge in [0.25, 0.3) is 0 Å². The highest BCUT2D eigenvalue weighted by Crippen LogP contribution is 2.28. The molecule has 1 aromatic heterocycles. The molecule has 2 nitrogen and oxygen atoms in total. The average molecular weight is 365 g/mol. The number of benzene rings is 1. The van der Waals surface area contributed by atoms with Crippen molar-refractivity contribution in [2.24, 2.45) is 0 Å². The molecule has 0 radical (unpaired) electrons. The zero-order chi connectivity index (χ0) is 14.7. The van der Waals surface area contributed by atoms with E-state index in [1.165, 1.54) is 21.3 Å². The summed E-state index contributed by atoms with van der Waals surface area (Å²) in [6.07, 6.45) is 1.20. The minimum atomic E-state index is 0.0293. The molecule has 3 rings (SSSR count). The van der Waals surface area contributed by atoms with Crippen molar-refractivity contribution in [1.29, 1.82) is 0 Å². The van der Waals surface area contributed by atoms with Crippen LogP contribution in [0.4, 0.5) is 0 Å². The summed E-state index contributed by atoms with van der Waals surface area (Å²) in [6, 6.07) is 13.0. The van der Waals surface area contributed by atoms with Gasteiger partial charge in [-0.1, -0.05) is 30.3 Å². The van der Waals surface area contributed by atoms with Crippen LogP contribution in [0.25, 0.3) is 0 Å². The van der Waals surface area contributed by atoms with Crippen molar-refractivity contribution in [2.75, 3.05) is 19.6 Å². The Morgan fingerprint density at radius 1 is 1.29 bits per heavy atom. The number of hydrogen-bond donors (Lipinski definition) is 1. The zero-order valence-corrected chi connectivity index (χ0v) is 14.7. The zero-order valence-electron chi connectivity index (χ0n) is 12.3. The first kappa shape index (κ1) is 15.2. The highest BCUT2D eigenvalue weighted by atomic mass is 79.9. The number of nitrogens with one attached hydrogen (secondary N) is 1.